The summed E-state index contributed by atoms with van der Waals surface area (Å²) in [5.74, 6) is 0. The summed E-state index contributed by atoms with van der Waals surface area (Å²) in [5, 5.41) is 0.306. The Hall–Kier alpha value is -0.620. The van der Waals surface area contributed by atoms with E-state index in [1.54, 1.807) is 25.1 Å². The minimum atomic E-state index is -3.53. The average Bonchev–Trinajstić information content (AvgIpc) is 2.81. The second kappa shape index (κ2) is 5.17. The van der Waals surface area contributed by atoms with Gasteiger partial charge in [0, 0.05) is 19.1 Å². The quantitative estimate of drug-likeness (QED) is 0.922. The highest BCUT2D eigenvalue weighted by Crippen LogP contribution is 2.31. The number of rotatable bonds is 3. The molecular formula is C12H17ClN2O2S. The summed E-state index contributed by atoms with van der Waals surface area (Å²) in [7, 11) is -3.53. The summed E-state index contributed by atoms with van der Waals surface area (Å²) < 4.78 is 26.6. The molecule has 4 nitrogen and oxygen atoms in total. The van der Waals surface area contributed by atoms with Gasteiger partial charge in [0.1, 0.15) is 4.90 Å². The second-order valence-corrected chi connectivity index (χ2v) is 6.77. The number of sulfonamides is 1. The number of nitrogens with zero attached hydrogens (tertiary/aromatic N) is 1. The van der Waals surface area contributed by atoms with Crippen LogP contribution in [0.4, 0.5) is 0 Å². The van der Waals surface area contributed by atoms with Crippen LogP contribution in [0.15, 0.2) is 23.1 Å². The number of hydrogen-bond donors (Lipinski definition) is 1. The van der Waals surface area contributed by atoms with E-state index in [0.717, 1.165) is 18.4 Å². The highest BCUT2D eigenvalue weighted by Gasteiger charge is 2.35. The lowest BCUT2D eigenvalue weighted by Gasteiger charge is -2.23. The summed E-state index contributed by atoms with van der Waals surface area (Å²) in [6.45, 7) is 2.67. The molecule has 0 spiro atoms. The molecule has 0 radical (unpaired) electrons. The van der Waals surface area contributed by atoms with Crippen molar-refractivity contribution in [3.63, 3.8) is 0 Å². The van der Waals surface area contributed by atoms with Crippen molar-refractivity contribution in [2.24, 2.45) is 5.73 Å². The first-order valence-electron chi connectivity index (χ1n) is 5.95. The van der Waals surface area contributed by atoms with E-state index in [1.807, 2.05) is 0 Å². The van der Waals surface area contributed by atoms with E-state index in [9.17, 15) is 8.42 Å². The molecule has 0 aromatic heterocycles. The molecule has 1 heterocycles. The Kier molecular flexibility index (Phi) is 3.96. The van der Waals surface area contributed by atoms with Gasteiger partial charge in [0.15, 0.2) is 0 Å². The molecule has 0 unspecified atom stereocenters. The van der Waals surface area contributed by atoms with Gasteiger partial charge in [0.05, 0.1) is 5.02 Å². The molecule has 2 rings (SSSR count). The Morgan fingerprint density at radius 3 is 2.89 bits per heavy atom. The zero-order valence-electron chi connectivity index (χ0n) is 10.3. The standard InChI is InChI=1S/C12H17ClN2O2S/c1-9-4-2-6-11(12(9)13)18(16,17)15-7-3-5-10(15)8-14/h2,4,6,10H,3,5,7-8,14H2,1H3/t10-/m1/s1. The number of nitrogens with two attached hydrogens (primary N) is 1. The fourth-order valence-electron chi connectivity index (χ4n) is 2.31. The van der Waals surface area contributed by atoms with Crippen LogP contribution in [0.3, 0.4) is 0 Å². The van der Waals surface area contributed by atoms with Gasteiger partial charge in [-0.3, -0.25) is 0 Å². The lowest BCUT2D eigenvalue weighted by Crippen LogP contribution is -2.39. The molecular weight excluding hydrogens is 272 g/mol. The Morgan fingerprint density at radius 1 is 1.50 bits per heavy atom. The number of benzene rings is 1. The zero-order chi connectivity index (χ0) is 13.3. The normalized spacial score (nSPS) is 21.4. The van der Waals surface area contributed by atoms with Crippen LogP contribution in [0.25, 0.3) is 0 Å². The third-order valence-corrected chi connectivity index (χ3v) is 5.95. The van der Waals surface area contributed by atoms with E-state index >= 15 is 0 Å². The van der Waals surface area contributed by atoms with Crippen LogP contribution in [0, 0.1) is 6.92 Å². The van der Waals surface area contributed by atoms with Gasteiger partial charge in [-0.05, 0) is 31.4 Å². The van der Waals surface area contributed by atoms with Gasteiger partial charge in [-0.15, -0.1) is 0 Å². The van der Waals surface area contributed by atoms with Crippen molar-refractivity contribution in [3.05, 3.63) is 28.8 Å². The fraction of sp³-hybridized carbons (Fsp3) is 0.500. The molecule has 0 aliphatic carbocycles. The third kappa shape index (κ3) is 2.28. The van der Waals surface area contributed by atoms with Crippen LogP contribution in [0.2, 0.25) is 5.02 Å². The molecule has 1 fully saturated rings. The maximum absolute atomic E-state index is 12.6. The summed E-state index contributed by atoms with van der Waals surface area (Å²) in [6.07, 6.45) is 1.67. The second-order valence-electron chi connectivity index (χ2n) is 4.53. The van der Waals surface area contributed by atoms with Crippen molar-refractivity contribution < 1.29 is 8.42 Å². The van der Waals surface area contributed by atoms with Crippen LogP contribution >= 0.6 is 11.6 Å². The summed E-state index contributed by atoms with van der Waals surface area (Å²) in [6, 6.07) is 4.95. The third-order valence-electron chi connectivity index (χ3n) is 3.34. The fourth-order valence-corrected chi connectivity index (χ4v) is 4.57. The van der Waals surface area contributed by atoms with Gasteiger partial charge in [0.25, 0.3) is 0 Å². The largest absolute Gasteiger partial charge is 0.329 e. The lowest BCUT2D eigenvalue weighted by atomic mass is 10.2. The van der Waals surface area contributed by atoms with Crippen molar-refractivity contribution in [3.8, 4) is 0 Å². The zero-order valence-corrected chi connectivity index (χ0v) is 11.8. The maximum Gasteiger partial charge on any atom is 0.244 e. The minimum absolute atomic E-state index is 0.105. The highest BCUT2D eigenvalue weighted by molar-refractivity contribution is 7.89. The number of aryl methyl sites for hydroxylation is 1. The van der Waals surface area contributed by atoms with E-state index in [0.29, 0.717) is 18.1 Å². The Morgan fingerprint density at radius 2 is 2.22 bits per heavy atom. The van der Waals surface area contributed by atoms with Crippen LogP contribution < -0.4 is 5.73 Å². The Labute approximate surface area is 113 Å². The smallest absolute Gasteiger partial charge is 0.244 e. The van der Waals surface area contributed by atoms with Gasteiger partial charge in [-0.25, -0.2) is 8.42 Å². The van der Waals surface area contributed by atoms with Gasteiger partial charge >= 0.3 is 0 Å². The minimum Gasteiger partial charge on any atom is -0.329 e. The highest BCUT2D eigenvalue weighted by atomic mass is 35.5. The van der Waals surface area contributed by atoms with Crippen molar-refractivity contribution in [1.29, 1.82) is 0 Å². The molecule has 0 amide bonds. The molecule has 1 saturated heterocycles. The lowest BCUT2D eigenvalue weighted by molar-refractivity contribution is 0.393. The molecule has 100 valence electrons. The van der Waals surface area contributed by atoms with Crippen molar-refractivity contribution in [1.82, 2.24) is 4.31 Å². The maximum atomic E-state index is 12.6. The van der Waals surface area contributed by atoms with Crippen molar-refractivity contribution >= 4 is 21.6 Å². The summed E-state index contributed by atoms with van der Waals surface area (Å²) in [4.78, 5) is 0.185. The van der Waals surface area contributed by atoms with Gasteiger partial charge in [0.2, 0.25) is 10.0 Å². The molecule has 0 saturated carbocycles. The molecule has 1 aromatic rings. The molecule has 1 atom stereocenters. The van der Waals surface area contributed by atoms with E-state index in [4.69, 9.17) is 17.3 Å². The van der Waals surface area contributed by atoms with Crippen LogP contribution in [-0.2, 0) is 10.0 Å². The van der Waals surface area contributed by atoms with Crippen molar-refractivity contribution in [2.75, 3.05) is 13.1 Å². The SMILES string of the molecule is Cc1cccc(S(=O)(=O)N2CCC[C@@H]2CN)c1Cl. The van der Waals surface area contributed by atoms with E-state index in [2.05, 4.69) is 0 Å². The molecule has 1 aliphatic rings. The van der Waals surface area contributed by atoms with Crippen LogP contribution in [-0.4, -0.2) is 31.9 Å². The Bertz CT molecular complexity index is 545. The first-order valence-corrected chi connectivity index (χ1v) is 7.77. The van der Waals surface area contributed by atoms with Crippen LogP contribution in [0.1, 0.15) is 18.4 Å². The predicted octanol–water partition coefficient (Wildman–Crippen LogP) is 1.76. The van der Waals surface area contributed by atoms with Crippen molar-refractivity contribution in [2.45, 2.75) is 30.7 Å². The number of hydrogen-bond acceptors (Lipinski definition) is 3. The van der Waals surface area contributed by atoms with E-state index in [1.165, 1.54) is 4.31 Å². The molecule has 0 bridgehead atoms. The molecule has 18 heavy (non-hydrogen) atoms. The van der Waals surface area contributed by atoms with E-state index < -0.39 is 10.0 Å². The first-order chi connectivity index (χ1) is 8.48. The Balaban J connectivity index is 2.45. The topological polar surface area (TPSA) is 63.4 Å². The monoisotopic (exact) mass is 288 g/mol. The average molecular weight is 289 g/mol. The van der Waals surface area contributed by atoms with Crippen LogP contribution in [0.5, 0.6) is 0 Å². The summed E-state index contributed by atoms with van der Waals surface area (Å²) in [5.41, 5.74) is 6.39. The van der Waals surface area contributed by atoms with E-state index in [-0.39, 0.29) is 10.9 Å². The predicted molar refractivity (Wildman–Crippen MR) is 72.2 cm³/mol. The number of halogens is 1. The molecule has 2 N–H and O–H groups in total. The molecule has 1 aromatic carbocycles. The molecule has 6 heteroatoms. The summed E-state index contributed by atoms with van der Waals surface area (Å²) >= 11 is 6.11. The molecule has 1 aliphatic heterocycles. The van der Waals surface area contributed by atoms with Gasteiger partial charge < -0.3 is 5.73 Å². The van der Waals surface area contributed by atoms with Gasteiger partial charge in [-0.2, -0.15) is 4.31 Å². The van der Waals surface area contributed by atoms with Gasteiger partial charge in [-0.1, -0.05) is 23.7 Å². The first kappa shape index (κ1) is 13.8.